The number of carbonyl (C=O) groups excluding carboxylic acids is 1. The Labute approximate surface area is 210 Å². The van der Waals surface area contributed by atoms with Gasteiger partial charge in [0.1, 0.15) is 5.82 Å². The second-order valence-corrected chi connectivity index (χ2v) is 9.11. The summed E-state index contributed by atoms with van der Waals surface area (Å²) in [5.74, 6) is 0.946. The molecule has 0 saturated carbocycles. The summed E-state index contributed by atoms with van der Waals surface area (Å²) in [5, 5.41) is 11.8. The Morgan fingerprint density at radius 2 is 1.66 bits per heavy atom. The predicted molar refractivity (Wildman–Crippen MR) is 140 cm³/mol. The van der Waals surface area contributed by atoms with Crippen molar-refractivity contribution in [2.24, 2.45) is 5.10 Å². The van der Waals surface area contributed by atoms with Crippen LogP contribution < -0.4 is 4.90 Å². The first-order valence-electron chi connectivity index (χ1n) is 11.5. The van der Waals surface area contributed by atoms with Gasteiger partial charge in [0.05, 0.1) is 23.1 Å². The minimum atomic E-state index is -0.260. The van der Waals surface area contributed by atoms with Gasteiger partial charge in [-0.1, -0.05) is 72.3 Å². The molecule has 0 bridgehead atoms. The van der Waals surface area contributed by atoms with Gasteiger partial charge in [-0.2, -0.15) is 10.2 Å². The summed E-state index contributed by atoms with van der Waals surface area (Å²) < 4.78 is 1.97. The van der Waals surface area contributed by atoms with Crippen molar-refractivity contribution < 1.29 is 4.79 Å². The van der Waals surface area contributed by atoms with Crippen LogP contribution in [0.25, 0.3) is 5.69 Å². The first-order valence-corrected chi connectivity index (χ1v) is 11.9. The third kappa shape index (κ3) is 4.57. The van der Waals surface area contributed by atoms with E-state index in [0.717, 1.165) is 40.4 Å². The van der Waals surface area contributed by atoms with Crippen LogP contribution in [0.3, 0.4) is 0 Å². The number of para-hydroxylation sites is 1. The molecule has 1 amide bonds. The van der Waals surface area contributed by atoms with Gasteiger partial charge >= 0.3 is 0 Å². The lowest BCUT2D eigenvalue weighted by Gasteiger charge is -2.26. The molecule has 3 aromatic carbocycles. The topological polar surface area (TPSA) is 53.7 Å². The van der Waals surface area contributed by atoms with Crippen LogP contribution in [0.4, 0.5) is 5.82 Å². The van der Waals surface area contributed by atoms with Crippen LogP contribution in [0.15, 0.2) is 90.0 Å². The smallest absolute Gasteiger partial charge is 0.230 e. The summed E-state index contributed by atoms with van der Waals surface area (Å²) in [6.45, 7) is 2.70. The van der Waals surface area contributed by atoms with E-state index in [0.29, 0.717) is 18.0 Å². The van der Waals surface area contributed by atoms with E-state index < -0.39 is 0 Å². The number of benzene rings is 3. The normalized spacial score (nSPS) is 15.2. The Hall–Kier alpha value is -3.90. The number of rotatable bonds is 7. The molecule has 4 aromatic rings. The Morgan fingerprint density at radius 1 is 1.00 bits per heavy atom. The van der Waals surface area contributed by atoms with E-state index in [9.17, 15) is 4.79 Å². The molecule has 0 spiro atoms. The molecule has 0 N–H and O–H groups in total. The van der Waals surface area contributed by atoms with Crippen molar-refractivity contribution in [1.29, 1.82) is 0 Å². The molecule has 1 aliphatic heterocycles. The van der Waals surface area contributed by atoms with Crippen LogP contribution in [0, 0.1) is 6.92 Å². The van der Waals surface area contributed by atoms with Crippen molar-refractivity contribution in [3.05, 3.63) is 112 Å². The van der Waals surface area contributed by atoms with Crippen molar-refractivity contribution >= 4 is 29.5 Å². The maximum atomic E-state index is 12.1. The van der Waals surface area contributed by atoms with Gasteiger partial charge in [-0.05, 0) is 42.3 Å². The average molecular weight is 484 g/mol. The molecule has 1 unspecified atom stereocenters. The van der Waals surface area contributed by atoms with E-state index in [2.05, 4.69) is 29.2 Å². The highest BCUT2D eigenvalue weighted by atomic mass is 35.5. The van der Waals surface area contributed by atoms with Gasteiger partial charge in [0, 0.05) is 30.6 Å². The monoisotopic (exact) mass is 483 g/mol. The second kappa shape index (κ2) is 9.76. The fourth-order valence-corrected chi connectivity index (χ4v) is 4.77. The maximum Gasteiger partial charge on any atom is 0.230 e. The number of hydrogen-bond acceptors (Lipinski definition) is 4. The van der Waals surface area contributed by atoms with E-state index >= 15 is 0 Å². The number of carbonyl (C=O) groups is 1. The molecule has 0 aliphatic carbocycles. The van der Waals surface area contributed by atoms with Crippen molar-refractivity contribution in [3.63, 3.8) is 0 Å². The van der Waals surface area contributed by atoms with Crippen molar-refractivity contribution in [2.45, 2.75) is 25.9 Å². The molecule has 2 heterocycles. The van der Waals surface area contributed by atoms with E-state index in [1.807, 2.05) is 84.4 Å². The minimum absolute atomic E-state index is 0.260. The fraction of sp³-hybridized carbons (Fsp3) is 0.179. The molecule has 0 saturated heterocycles. The van der Waals surface area contributed by atoms with Crippen molar-refractivity contribution in [2.75, 3.05) is 11.9 Å². The summed E-state index contributed by atoms with van der Waals surface area (Å²) in [7, 11) is 2.06. The number of hydrazone groups is 1. The highest BCUT2D eigenvalue weighted by molar-refractivity contribution is 6.30. The van der Waals surface area contributed by atoms with Crippen LogP contribution in [0.1, 0.15) is 34.8 Å². The van der Waals surface area contributed by atoms with Gasteiger partial charge in [-0.15, -0.1) is 0 Å². The predicted octanol–water partition coefficient (Wildman–Crippen LogP) is 5.78. The first kappa shape index (κ1) is 22.9. The highest BCUT2D eigenvalue weighted by Crippen LogP contribution is 2.40. The van der Waals surface area contributed by atoms with E-state index in [4.69, 9.17) is 16.7 Å². The van der Waals surface area contributed by atoms with Crippen LogP contribution in [-0.4, -0.2) is 34.0 Å². The van der Waals surface area contributed by atoms with Gasteiger partial charge in [-0.3, -0.25) is 4.79 Å². The zero-order valence-electron chi connectivity index (χ0n) is 19.7. The van der Waals surface area contributed by atoms with Gasteiger partial charge in [0.2, 0.25) is 6.41 Å². The van der Waals surface area contributed by atoms with E-state index in [1.165, 1.54) is 10.6 Å². The standard InChI is InChI=1S/C28H26ClN5O/c1-20-27(26-17-25(31-33(26)19-35)22-13-15-23(29)16-14-22)28(32(2)18-21-9-5-3-6-10-21)34(30-20)24-11-7-4-8-12-24/h3-16,19,26H,17-18H2,1-2H3. The lowest BCUT2D eigenvalue weighted by atomic mass is 9.98. The largest absolute Gasteiger partial charge is 0.355 e. The minimum Gasteiger partial charge on any atom is -0.355 e. The molecule has 0 fully saturated rings. The molecule has 1 aromatic heterocycles. The van der Waals surface area contributed by atoms with Gasteiger partial charge in [0.15, 0.2) is 0 Å². The third-order valence-corrected chi connectivity index (χ3v) is 6.52. The molecular weight excluding hydrogens is 458 g/mol. The Morgan fingerprint density at radius 3 is 2.31 bits per heavy atom. The van der Waals surface area contributed by atoms with Crippen LogP contribution in [0.2, 0.25) is 5.02 Å². The number of anilines is 1. The number of hydrogen-bond donors (Lipinski definition) is 0. The molecule has 0 radical (unpaired) electrons. The molecular formula is C28H26ClN5O. The van der Waals surface area contributed by atoms with Crippen molar-refractivity contribution in [1.82, 2.24) is 14.8 Å². The van der Waals surface area contributed by atoms with Gasteiger partial charge in [0.25, 0.3) is 0 Å². The summed E-state index contributed by atoms with van der Waals surface area (Å²) in [5.41, 5.74) is 5.82. The van der Waals surface area contributed by atoms with E-state index in [1.54, 1.807) is 0 Å². The number of aryl methyl sites for hydroxylation is 1. The SMILES string of the molecule is Cc1nn(-c2ccccc2)c(N(C)Cc2ccccc2)c1C1CC(c2ccc(Cl)cc2)=NN1C=O. The summed E-state index contributed by atoms with van der Waals surface area (Å²) in [6.07, 6.45) is 1.39. The summed E-state index contributed by atoms with van der Waals surface area (Å²) in [4.78, 5) is 14.3. The van der Waals surface area contributed by atoms with Crippen molar-refractivity contribution in [3.8, 4) is 5.69 Å². The van der Waals surface area contributed by atoms with Gasteiger partial charge < -0.3 is 4.90 Å². The average Bonchev–Trinajstić information content (AvgIpc) is 3.46. The Kier molecular flexibility index (Phi) is 6.38. The molecule has 35 heavy (non-hydrogen) atoms. The van der Waals surface area contributed by atoms with Gasteiger partial charge in [-0.25, -0.2) is 9.69 Å². The first-order chi connectivity index (χ1) is 17.0. The number of halogens is 1. The molecule has 7 heteroatoms. The Balaban J connectivity index is 1.58. The molecule has 1 aliphatic rings. The zero-order valence-corrected chi connectivity index (χ0v) is 20.4. The molecule has 176 valence electrons. The number of nitrogens with zero attached hydrogens (tertiary/aromatic N) is 5. The molecule has 5 rings (SSSR count). The summed E-state index contributed by atoms with van der Waals surface area (Å²) >= 11 is 6.08. The maximum absolute atomic E-state index is 12.1. The number of amides is 1. The van der Waals surface area contributed by atoms with E-state index in [-0.39, 0.29) is 6.04 Å². The zero-order chi connectivity index (χ0) is 24.4. The molecule has 1 atom stereocenters. The Bertz CT molecular complexity index is 1350. The molecule has 6 nitrogen and oxygen atoms in total. The van der Waals surface area contributed by atoms with Crippen LogP contribution >= 0.6 is 11.6 Å². The fourth-order valence-electron chi connectivity index (χ4n) is 4.64. The van der Waals surface area contributed by atoms with Crippen LogP contribution in [-0.2, 0) is 11.3 Å². The van der Waals surface area contributed by atoms with Crippen LogP contribution in [0.5, 0.6) is 0 Å². The lowest BCUT2D eigenvalue weighted by Crippen LogP contribution is -2.25. The lowest BCUT2D eigenvalue weighted by molar-refractivity contribution is -0.119. The highest BCUT2D eigenvalue weighted by Gasteiger charge is 2.35. The second-order valence-electron chi connectivity index (χ2n) is 8.67. The third-order valence-electron chi connectivity index (χ3n) is 6.27. The number of aromatic nitrogens is 2. The quantitative estimate of drug-likeness (QED) is 0.313. The summed E-state index contributed by atoms with van der Waals surface area (Å²) in [6, 6.07) is 27.7.